The molecule has 1 fully saturated rings. The van der Waals surface area contributed by atoms with Gasteiger partial charge in [-0.3, -0.25) is 14.8 Å². The number of aryl methyl sites for hydroxylation is 2. The van der Waals surface area contributed by atoms with Gasteiger partial charge in [-0.05, 0) is 69.5 Å². The van der Waals surface area contributed by atoms with Gasteiger partial charge in [0.05, 0.1) is 35.9 Å². The number of hydrogen-bond acceptors (Lipinski definition) is 6. The molecule has 1 aliphatic heterocycles. The van der Waals surface area contributed by atoms with Crippen molar-refractivity contribution in [3.63, 3.8) is 0 Å². The second-order valence-corrected chi connectivity index (χ2v) is 10.7. The first-order valence-electron chi connectivity index (χ1n) is 14.4. The van der Waals surface area contributed by atoms with Crippen molar-refractivity contribution in [2.45, 2.75) is 64.6 Å². The molecule has 2 aromatic heterocycles. The number of hydrogen-bond donors (Lipinski definition) is 0. The van der Waals surface area contributed by atoms with Gasteiger partial charge in [0, 0.05) is 38.9 Å². The number of amides is 1. The fourth-order valence-electron chi connectivity index (χ4n) is 5.84. The fourth-order valence-corrected chi connectivity index (χ4v) is 5.84. The van der Waals surface area contributed by atoms with Crippen molar-refractivity contribution in [1.29, 1.82) is 0 Å². The molecule has 5 rings (SSSR count). The molecule has 0 bridgehead atoms. The molecule has 1 amide bonds. The Bertz CT molecular complexity index is 1200. The molecule has 1 aromatic carbocycles. The van der Waals surface area contributed by atoms with Gasteiger partial charge in [0.25, 0.3) is 0 Å². The zero-order valence-electron chi connectivity index (χ0n) is 23.0. The van der Waals surface area contributed by atoms with Crippen LogP contribution < -0.4 is 0 Å². The van der Waals surface area contributed by atoms with Crippen molar-refractivity contribution >= 4 is 17.1 Å². The van der Waals surface area contributed by atoms with Crippen molar-refractivity contribution in [2.24, 2.45) is 0 Å². The lowest BCUT2D eigenvalue weighted by molar-refractivity contribution is 0.0749. The first-order valence-corrected chi connectivity index (χ1v) is 14.4. The smallest absolute Gasteiger partial charge is 0.409 e. The van der Waals surface area contributed by atoms with Crippen LogP contribution in [0.1, 0.15) is 62.2 Å². The monoisotopic (exact) mass is 518 g/mol. The summed E-state index contributed by atoms with van der Waals surface area (Å²) in [5, 5.41) is 0. The van der Waals surface area contributed by atoms with Crippen molar-refractivity contribution in [2.75, 3.05) is 46.4 Å². The van der Waals surface area contributed by atoms with Crippen molar-refractivity contribution in [3.8, 4) is 0 Å². The molecule has 1 aliphatic carbocycles. The second kappa shape index (κ2) is 12.7. The lowest BCUT2D eigenvalue weighted by atomic mass is 9.91. The molecule has 1 unspecified atom stereocenters. The molecule has 0 radical (unpaired) electrons. The van der Waals surface area contributed by atoms with Gasteiger partial charge < -0.3 is 14.2 Å². The molecule has 1 atom stereocenters. The minimum absolute atomic E-state index is 0.160. The summed E-state index contributed by atoms with van der Waals surface area (Å²) in [4.78, 5) is 28.8. The minimum Gasteiger partial charge on any atom is -0.449 e. The van der Waals surface area contributed by atoms with E-state index in [-0.39, 0.29) is 6.09 Å². The van der Waals surface area contributed by atoms with Crippen LogP contribution in [0.5, 0.6) is 0 Å². The molecule has 0 saturated carbocycles. The number of ether oxygens (including phenoxy) is 1. The third kappa shape index (κ3) is 6.18. The second-order valence-electron chi connectivity index (χ2n) is 10.7. The number of fused-ring (bicyclic) bond motifs is 2. The van der Waals surface area contributed by atoms with Crippen molar-refractivity contribution in [1.82, 2.24) is 29.2 Å². The molecule has 3 aromatic rings. The molecule has 2 aliphatic rings. The predicted molar refractivity (Wildman–Crippen MR) is 150 cm³/mol. The average Bonchev–Trinajstić information content (AvgIpc) is 3.30. The first kappa shape index (κ1) is 26.6. The number of carbonyl (C=O) groups excluding carboxylic acids is 1. The van der Waals surface area contributed by atoms with Crippen LogP contribution in [0.15, 0.2) is 42.6 Å². The Morgan fingerprint density at radius 2 is 1.92 bits per heavy atom. The van der Waals surface area contributed by atoms with E-state index in [1.165, 1.54) is 23.2 Å². The summed E-state index contributed by atoms with van der Waals surface area (Å²) >= 11 is 0. The standard InChI is InChI=1S/C30H42N6O2/c1-3-4-22-38-30(37)35-20-18-34(19-21-35)16-9-17-36-26-13-6-5-12-25(26)32-28(36)23-33(2)27-14-7-10-24-11-8-15-31-29(24)27/h5-6,8,11-13,15,27H,3-4,7,9-10,14,16-23H2,1-2H3. The van der Waals surface area contributed by atoms with E-state index in [4.69, 9.17) is 14.7 Å². The fraction of sp³-hybridized carbons (Fsp3) is 0.567. The quantitative estimate of drug-likeness (QED) is 0.356. The number of aromatic nitrogens is 3. The summed E-state index contributed by atoms with van der Waals surface area (Å²) in [6, 6.07) is 13.1. The van der Waals surface area contributed by atoms with Crippen molar-refractivity contribution in [3.05, 3.63) is 59.7 Å². The molecule has 8 heteroatoms. The molecule has 204 valence electrons. The van der Waals surface area contributed by atoms with Crippen molar-refractivity contribution < 1.29 is 9.53 Å². The van der Waals surface area contributed by atoms with Crippen LogP contribution in [0, 0.1) is 0 Å². The van der Waals surface area contributed by atoms with Gasteiger partial charge in [0.2, 0.25) is 0 Å². The Kier molecular flexibility index (Phi) is 8.91. The molecule has 3 heterocycles. The Balaban J connectivity index is 1.19. The van der Waals surface area contributed by atoms with Crippen LogP contribution >= 0.6 is 0 Å². The average molecular weight is 519 g/mol. The highest BCUT2D eigenvalue weighted by Crippen LogP contribution is 2.33. The number of pyridine rings is 1. The SMILES string of the molecule is CCCCOC(=O)N1CCN(CCCn2c(CN(C)C3CCCc4cccnc43)nc3ccccc32)CC1. The van der Waals surface area contributed by atoms with Crippen LogP contribution in [0.25, 0.3) is 11.0 Å². The predicted octanol–water partition coefficient (Wildman–Crippen LogP) is 4.89. The van der Waals surface area contributed by atoms with Gasteiger partial charge in [0.1, 0.15) is 5.82 Å². The Morgan fingerprint density at radius 1 is 1.08 bits per heavy atom. The van der Waals surface area contributed by atoms with Gasteiger partial charge >= 0.3 is 6.09 Å². The number of carbonyl (C=O) groups is 1. The summed E-state index contributed by atoms with van der Waals surface area (Å²) in [6.07, 6.45) is 8.25. The largest absolute Gasteiger partial charge is 0.449 e. The number of imidazole rings is 1. The van der Waals surface area contributed by atoms with E-state index in [0.29, 0.717) is 12.6 Å². The number of benzene rings is 1. The zero-order chi connectivity index (χ0) is 26.3. The lowest BCUT2D eigenvalue weighted by Gasteiger charge is -2.34. The number of para-hydroxylation sites is 2. The highest BCUT2D eigenvalue weighted by atomic mass is 16.6. The number of rotatable bonds is 10. The van der Waals surface area contributed by atoms with Crippen LogP contribution in [-0.2, 0) is 24.2 Å². The maximum Gasteiger partial charge on any atom is 0.409 e. The van der Waals surface area contributed by atoms with Gasteiger partial charge in [-0.25, -0.2) is 9.78 Å². The first-order chi connectivity index (χ1) is 18.6. The maximum atomic E-state index is 12.2. The summed E-state index contributed by atoms with van der Waals surface area (Å²) in [5.41, 5.74) is 4.89. The van der Waals surface area contributed by atoms with Crippen LogP contribution in [0.3, 0.4) is 0 Å². The normalized spacial score (nSPS) is 18.2. The van der Waals surface area contributed by atoms with E-state index in [1.807, 2.05) is 11.1 Å². The summed E-state index contributed by atoms with van der Waals surface area (Å²) < 4.78 is 7.80. The number of unbranched alkanes of at least 4 members (excludes halogenated alkanes) is 1. The highest BCUT2D eigenvalue weighted by Gasteiger charge is 2.26. The van der Waals surface area contributed by atoms with E-state index in [0.717, 1.165) is 89.3 Å². The van der Waals surface area contributed by atoms with E-state index in [1.54, 1.807) is 0 Å². The van der Waals surface area contributed by atoms with E-state index in [9.17, 15) is 4.79 Å². The molecular weight excluding hydrogens is 476 g/mol. The maximum absolute atomic E-state index is 12.2. The zero-order valence-corrected chi connectivity index (χ0v) is 23.0. The number of nitrogens with zero attached hydrogens (tertiary/aromatic N) is 6. The molecule has 0 N–H and O–H groups in total. The molecular formula is C30H42N6O2. The highest BCUT2D eigenvalue weighted by molar-refractivity contribution is 5.75. The molecule has 1 saturated heterocycles. The topological polar surface area (TPSA) is 66.7 Å². The molecule has 0 spiro atoms. The summed E-state index contributed by atoms with van der Waals surface area (Å²) in [6.45, 7) is 8.66. The van der Waals surface area contributed by atoms with E-state index < -0.39 is 0 Å². The molecule has 8 nitrogen and oxygen atoms in total. The summed E-state index contributed by atoms with van der Waals surface area (Å²) in [5.74, 6) is 1.12. The van der Waals surface area contributed by atoms with E-state index >= 15 is 0 Å². The Hall–Kier alpha value is -2.97. The van der Waals surface area contributed by atoms with Gasteiger partial charge in [-0.2, -0.15) is 0 Å². The van der Waals surface area contributed by atoms with Gasteiger partial charge in [-0.15, -0.1) is 0 Å². The third-order valence-electron chi connectivity index (χ3n) is 8.03. The Morgan fingerprint density at radius 3 is 2.76 bits per heavy atom. The summed E-state index contributed by atoms with van der Waals surface area (Å²) in [7, 11) is 2.21. The van der Waals surface area contributed by atoms with Crippen LogP contribution in [0.2, 0.25) is 0 Å². The van der Waals surface area contributed by atoms with Crippen LogP contribution in [-0.4, -0.2) is 81.7 Å². The lowest BCUT2D eigenvalue weighted by Crippen LogP contribution is -2.49. The molecule has 38 heavy (non-hydrogen) atoms. The third-order valence-corrected chi connectivity index (χ3v) is 8.03. The van der Waals surface area contributed by atoms with Gasteiger partial charge in [0.15, 0.2) is 0 Å². The Labute approximate surface area is 226 Å². The number of piperazine rings is 1. The van der Waals surface area contributed by atoms with Gasteiger partial charge in [-0.1, -0.05) is 31.5 Å². The minimum atomic E-state index is -0.160. The van der Waals surface area contributed by atoms with E-state index in [2.05, 4.69) is 64.7 Å². The van der Waals surface area contributed by atoms with Crippen LogP contribution in [0.4, 0.5) is 4.79 Å².